The van der Waals surface area contributed by atoms with E-state index in [4.69, 9.17) is 5.73 Å². The Hall–Kier alpha value is -3.39. The highest BCUT2D eigenvalue weighted by atomic mass is 16.2. The van der Waals surface area contributed by atoms with Crippen molar-refractivity contribution in [2.24, 2.45) is 5.73 Å². The molecule has 8 heteroatoms. The smallest absolute Gasteiger partial charge is 0.256 e. The molecule has 1 aliphatic heterocycles. The number of benzene rings is 1. The molecule has 0 atom stereocenters. The average molecular weight is 381 g/mol. The first kappa shape index (κ1) is 19.4. The number of H-pyrrole nitrogens is 1. The molecule has 0 saturated heterocycles. The van der Waals surface area contributed by atoms with Gasteiger partial charge >= 0.3 is 0 Å². The maximum absolute atomic E-state index is 12.5. The molecule has 8 nitrogen and oxygen atoms in total. The summed E-state index contributed by atoms with van der Waals surface area (Å²) in [4.78, 5) is 38.8. The van der Waals surface area contributed by atoms with Gasteiger partial charge in [-0.1, -0.05) is 0 Å². The van der Waals surface area contributed by atoms with Crippen molar-refractivity contribution >= 4 is 40.2 Å². The molecule has 0 unspecified atom stereocenters. The van der Waals surface area contributed by atoms with Crippen LogP contribution in [0.5, 0.6) is 0 Å². The first-order valence-electron chi connectivity index (χ1n) is 8.97. The zero-order chi connectivity index (χ0) is 20.3. The number of aromatic nitrogens is 1. The summed E-state index contributed by atoms with van der Waals surface area (Å²) in [5.74, 6) is -0.490. The minimum Gasteiger partial charge on any atom is -0.361 e. The number of fused-ring (bicyclic) bond motifs is 1. The molecule has 0 fully saturated rings. The quantitative estimate of drug-likeness (QED) is 0.485. The number of anilines is 2. The summed E-state index contributed by atoms with van der Waals surface area (Å²) in [5, 5.41) is 8.30. The number of carbonyl (C=O) groups excluding carboxylic acids is 3. The number of allylic oxidation sites excluding steroid dienone is 1. The molecule has 2 heterocycles. The van der Waals surface area contributed by atoms with Gasteiger partial charge in [-0.3, -0.25) is 14.4 Å². The molecule has 0 aliphatic carbocycles. The van der Waals surface area contributed by atoms with Gasteiger partial charge in [0.05, 0.1) is 12.0 Å². The van der Waals surface area contributed by atoms with Gasteiger partial charge in [0.1, 0.15) is 0 Å². The minimum atomic E-state index is -0.204. The van der Waals surface area contributed by atoms with E-state index in [1.165, 1.54) is 6.92 Å². The number of hydrogen-bond acceptors (Lipinski definition) is 4. The summed E-state index contributed by atoms with van der Waals surface area (Å²) in [6.07, 6.45) is 1.98. The van der Waals surface area contributed by atoms with Gasteiger partial charge in [-0.05, 0) is 42.3 Å². The summed E-state index contributed by atoms with van der Waals surface area (Å²) >= 11 is 0. The van der Waals surface area contributed by atoms with Crippen molar-refractivity contribution in [2.75, 3.05) is 23.7 Å². The third-order valence-corrected chi connectivity index (χ3v) is 4.44. The average Bonchev–Trinajstić information content (AvgIpc) is 3.22. The van der Waals surface area contributed by atoms with Gasteiger partial charge in [0.2, 0.25) is 11.8 Å². The summed E-state index contributed by atoms with van der Waals surface area (Å²) in [6, 6.07) is 7.14. The van der Waals surface area contributed by atoms with Crippen LogP contribution in [0.3, 0.4) is 0 Å². The minimum absolute atomic E-state index is 0.106. The van der Waals surface area contributed by atoms with E-state index in [0.29, 0.717) is 30.0 Å². The van der Waals surface area contributed by atoms with E-state index >= 15 is 0 Å². The van der Waals surface area contributed by atoms with E-state index in [9.17, 15) is 14.4 Å². The van der Waals surface area contributed by atoms with Gasteiger partial charge < -0.3 is 26.7 Å². The maximum atomic E-state index is 12.5. The molecular formula is C20H23N5O3. The number of carbonyl (C=O) groups is 3. The van der Waals surface area contributed by atoms with Crippen LogP contribution in [0.4, 0.5) is 11.4 Å². The number of hydrogen-bond donors (Lipinski definition) is 5. The summed E-state index contributed by atoms with van der Waals surface area (Å²) in [6.45, 7) is 4.11. The van der Waals surface area contributed by atoms with E-state index in [1.807, 2.05) is 13.0 Å². The standard InChI is InChI=1S/C20H23N5O3/c1-11(17-7-13(10-23-17)8-18(27)22-6-5-21)19-15-9-14(24-12(2)26)3-4-16(15)25-20(19)28/h3-4,7,9-10,23H,5-6,8,21H2,1-2H3,(H,22,27)(H,24,26)(H,25,28)/b19-11+. The van der Waals surface area contributed by atoms with Gasteiger partial charge in [-0.15, -0.1) is 0 Å². The number of aromatic amines is 1. The second kappa shape index (κ2) is 8.10. The fourth-order valence-corrected chi connectivity index (χ4v) is 3.17. The molecule has 28 heavy (non-hydrogen) atoms. The van der Waals surface area contributed by atoms with Crippen molar-refractivity contribution in [3.8, 4) is 0 Å². The lowest BCUT2D eigenvalue weighted by Gasteiger charge is -2.07. The Bertz CT molecular complexity index is 974. The fourth-order valence-electron chi connectivity index (χ4n) is 3.17. The van der Waals surface area contributed by atoms with Crippen LogP contribution in [0.15, 0.2) is 30.5 Å². The first-order valence-corrected chi connectivity index (χ1v) is 8.97. The van der Waals surface area contributed by atoms with E-state index in [-0.39, 0.29) is 24.1 Å². The van der Waals surface area contributed by atoms with Crippen molar-refractivity contribution in [2.45, 2.75) is 20.3 Å². The molecule has 0 bridgehead atoms. The Morgan fingerprint density at radius 1 is 1.18 bits per heavy atom. The molecule has 6 N–H and O–H groups in total. The van der Waals surface area contributed by atoms with Crippen LogP contribution in [-0.2, 0) is 20.8 Å². The first-order chi connectivity index (χ1) is 13.4. The molecule has 0 radical (unpaired) electrons. The SMILES string of the molecule is CC(=O)Nc1ccc2c(c1)/C(=C(/C)c1cc(CC(=O)NCCN)c[nH]1)C(=O)N2. The molecule has 1 aromatic heterocycles. The summed E-state index contributed by atoms with van der Waals surface area (Å²) in [7, 11) is 0. The predicted molar refractivity (Wildman–Crippen MR) is 108 cm³/mol. The third kappa shape index (κ3) is 4.12. The van der Waals surface area contributed by atoms with Gasteiger partial charge in [-0.25, -0.2) is 0 Å². The fraction of sp³-hybridized carbons (Fsp3) is 0.250. The number of rotatable bonds is 6. The van der Waals surface area contributed by atoms with E-state index in [0.717, 1.165) is 22.4 Å². The van der Waals surface area contributed by atoms with Gasteiger partial charge in [0.25, 0.3) is 5.91 Å². The van der Waals surface area contributed by atoms with Crippen LogP contribution in [0.1, 0.15) is 30.7 Å². The molecule has 2 aromatic rings. The van der Waals surface area contributed by atoms with Gasteiger partial charge in [0, 0.05) is 48.8 Å². The largest absolute Gasteiger partial charge is 0.361 e. The number of nitrogens with one attached hydrogen (secondary N) is 4. The summed E-state index contributed by atoms with van der Waals surface area (Å²) in [5.41, 5.74) is 10.3. The predicted octanol–water partition coefficient (Wildman–Crippen LogP) is 1.47. The lowest BCUT2D eigenvalue weighted by atomic mass is 9.99. The van der Waals surface area contributed by atoms with E-state index < -0.39 is 0 Å². The molecule has 3 amide bonds. The Balaban J connectivity index is 1.89. The Morgan fingerprint density at radius 2 is 1.96 bits per heavy atom. The zero-order valence-electron chi connectivity index (χ0n) is 15.8. The molecule has 1 aliphatic rings. The van der Waals surface area contributed by atoms with Crippen LogP contribution in [0.25, 0.3) is 11.1 Å². The lowest BCUT2D eigenvalue weighted by molar-refractivity contribution is -0.120. The highest BCUT2D eigenvalue weighted by Crippen LogP contribution is 2.38. The van der Waals surface area contributed by atoms with Crippen LogP contribution in [0.2, 0.25) is 0 Å². The second-order valence-electron chi connectivity index (χ2n) is 6.63. The Labute approximate surface area is 162 Å². The van der Waals surface area contributed by atoms with E-state index in [2.05, 4.69) is 20.9 Å². The van der Waals surface area contributed by atoms with Crippen molar-refractivity contribution in [1.82, 2.24) is 10.3 Å². The normalized spacial score (nSPS) is 14.3. The maximum Gasteiger partial charge on any atom is 0.256 e. The Kier molecular flexibility index (Phi) is 5.60. The topological polar surface area (TPSA) is 129 Å². The molecule has 146 valence electrons. The number of nitrogens with two attached hydrogens (primary N) is 1. The van der Waals surface area contributed by atoms with Crippen LogP contribution < -0.4 is 21.7 Å². The second-order valence-corrected chi connectivity index (χ2v) is 6.63. The van der Waals surface area contributed by atoms with Crippen LogP contribution in [-0.4, -0.2) is 35.8 Å². The highest BCUT2D eigenvalue weighted by molar-refractivity contribution is 6.36. The molecule has 1 aromatic carbocycles. The molecule has 0 saturated carbocycles. The van der Waals surface area contributed by atoms with Gasteiger partial charge in [-0.2, -0.15) is 0 Å². The molecule has 0 spiro atoms. The van der Waals surface area contributed by atoms with Gasteiger partial charge in [0.15, 0.2) is 0 Å². The summed E-state index contributed by atoms with van der Waals surface area (Å²) < 4.78 is 0. The van der Waals surface area contributed by atoms with Crippen molar-refractivity contribution in [1.29, 1.82) is 0 Å². The monoisotopic (exact) mass is 381 g/mol. The highest BCUT2D eigenvalue weighted by Gasteiger charge is 2.27. The van der Waals surface area contributed by atoms with Crippen molar-refractivity contribution in [3.05, 3.63) is 47.3 Å². The van der Waals surface area contributed by atoms with E-state index in [1.54, 1.807) is 24.4 Å². The van der Waals surface area contributed by atoms with Crippen LogP contribution >= 0.6 is 0 Å². The van der Waals surface area contributed by atoms with Crippen molar-refractivity contribution in [3.63, 3.8) is 0 Å². The zero-order valence-corrected chi connectivity index (χ0v) is 15.8. The molecular weight excluding hydrogens is 358 g/mol. The third-order valence-electron chi connectivity index (χ3n) is 4.44. The number of amides is 3. The molecule has 3 rings (SSSR count). The van der Waals surface area contributed by atoms with Crippen LogP contribution in [0, 0.1) is 0 Å². The lowest BCUT2D eigenvalue weighted by Crippen LogP contribution is -2.30. The van der Waals surface area contributed by atoms with Crippen molar-refractivity contribution < 1.29 is 14.4 Å². The Morgan fingerprint density at radius 3 is 2.68 bits per heavy atom.